The third-order valence-corrected chi connectivity index (χ3v) is 9.68. The molecule has 0 aliphatic carbocycles. The molecule has 5 heteroatoms. The summed E-state index contributed by atoms with van der Waals surface area (Å²) in [5.41, 5.74) is 13.4. The molecule has 0 aliphatic heterocycles. The molecule has 0 atom stereocenters. The second-order valence-corrected chi connectivity index (χ2v) is 14.1. The molecule has 1 radical (unpaired) electrons. The number of rotatable bonds is 2. The Morgan fingerprint density at radius 3 is 2.16 bits per heavy atom. The fourth-order valence-electron chi connectivity index (χ4n) is 5.67. The number of thiophene rings is 1. The van der Waals surface area contributed by atoms with Crippen LogP contribution in [0.25, 0.3) is 54.5 Å². The zero-order valence-electron chi connectivity index (χ0n) is 27.4. The van der Waals surface area contributed by atoms with Crippen LogP contribution >= 0.6 is 11.3 Å². The number of hydrogen-bond acceptors (Lipinski definition) is 4. The second-order valence-electron chi connectivity index (χ2n) is 12.9. The summed E-state index contributed by atoms with van der Waals surface area (Å²) < 4.78 is 7.66. The smallest absolute Gasteiger partial charge is 0.122 e. The predicted molar refractivity (Wildman–Crippen MR) is 187 cm³/mol. The van der Waals surface area contributed by atoms with Crippen molar-refractivity contribution in [3.05, 3.63) is 117 Å². The van der Waals surface area contributed by atoms with Gasteiger partial charge in [0, 0.05) is 47.5 Å². The SMILES string of the molecule is Cc1c[c-]c(-c2cc(C)c(C)cn2)cc1.Cc1cnc(-c2[c-]ccc3c2oc2cc4sc(C)c(C)c4cc23)cc1C(C)(C)C.[Ir]. The molecule has 0 spiro atoms. The van der Waals surface area contributed by atoms with Gasteiger partial charge < -0.3 is 14.4 Å². The molecule has 0 unspecified atom stereocenters. The number of aryl methyl sites for hydroxylation is 6. The molecule has 45 heavy (non-hydrogen) atoms. The average Bonchev–Trinajstić information content (AvgIpc) is 3.49. The molecule has 0 bridgehead atoms. The first-order valence-corrected chi connectivity index (χ1v) is 15.9. The van der Waals surface area contributed by atoms with Crippen LogP contribution in [0.15, 0.2) is 71.4 Å². The van der Waals surface area contributed by atoms with Gasteiger partial charge in [0.1, 0.15) is 5.58 Å². The summed E-state index contributed by atoms with van der Waals surface area (Å²) in [5, 5.41) is 3.60. The molecule has 0 saturated carbocycles. The summed E-state index contributed by atoms with van der Waals surface area (Å²) in [4.78, 5) is 10.5. The van der Waals surface area contributed by atoms with Gasteiger partial charge in [0.15, 0.2) is 0 Å². The normalized spacial score (nSPS) is 11.5. The van der Waals surface area contributed by atoms with E-state index in [-0.39, 0.29) is 25.5 Å². The quantitative estimate of drug-likeness (QED) is 0.164. The molecule has 3 aromatic carbocycles. The van der Waals surface area contributed by atoms with Gasteiger partial charge in [0.05, 0.1) is 5.58 Å². The molecule has 0 N–H and O–H groups in total. The fourth-order valence-corrected chi connectivity index (χ4v) is 6.75. The maximum atomic E-state index is 6.39. The standard InChI is InChI=1S/C26H24NOS.C14H14N.Ir/c1-14-13-27-22(11-21(14)26(4,5)6)18-9-7-8-17-20-10-19-15(2)16(3)29-24(19)12-23(20)28-25(17)18;1-10-4-6-13(7-5-10)14-8-11(2)12(3)9-15-14;/h7-8,10-13H,1-6H3;4-6,8-9H,1-3H3;/q2*-1;. The van der Waals surface area contributed by atoms with E-state index in [4.69, 9.17) is 9.40 Å². The van der Waals surface area contributed by atoms with Crippen LogP contribution in [0, 0.1) is 53.7 Å². The average molecular weight is 787 g/mol. The Morgan fingerprint density at radius 1 is 0.733 bits per heavy atom. The molecule has 0 aliphatic rings. The van der Waals surface area contributed by atoms with Crippen LogP contribution in [-0.4, -0.2) is 9.97 Å². The van der Waals surface area contributed by atoms with Gasteiger partial charge in [-0.2, -0.15) is 0 Å². The topological polar surface area (TPSA) is 38.9 Å². The van der Waals surface area contributed by atoms with Crippen molar-refractivity contribution in [2.24, 2.45) is 0 Å². The van der Waals surface area contributed by atoms with Gasteiger partial charge in [0.25, 0.3) is 0 Å². The molecule has 7 rings (SSSR count). The molecule has 0 amide bonds. The molecule has 3 nitrogen and oxygen atoms in total. The van der Waals surface area contributed by atoms with Crippen LogP contribution in [-0.2, 0) is 25.5 Å². The summed E-state index contributed by atoms with van der Waals surface area (Å²) in [6.07, 6.45) is 3.88. The van der Waals surface area contributed by atoms with Crippen LogP contribution in [0.5, 0.6) is 0 Å². The van der Waals surface area contributed by atoms with E-state index < -0.39 is 0 Å². The third kappa shape index (κ3) is 6.40. The maximum absolute atomic E-state index is 6.39. The van der Waals surface area contributed by atoms with Gasteiger partial charge in [0.2, 0.25) is 0 Å². The minimum absolute atomic E-state index is 0. The Labute approximate surface area is 284 Å². The first kappa shape index (κ1) is 32.8. The summed E-state index contributed by atoms with van der Waals surface area (Å²) in [7, 11) is 0. The molecule has 231 valence electrons. The van der Waals surface area contributed by atoms with Crippen LogP contribution in [0.2, 0.25) is 0 Å². The van der Waals surface area contributed by atoms with Crippen LogP contribution in [0.1, 0.15) is 59.0 Å². The monoisotopic (exact) mass is 787 g/mol. The number of fused-ring (bicyclic) bond motifs is 4. The number of aromatic nitrogens is 2. The van der Waals surface area contributed by atoms with E-state index >= 15 is 0 Å². The molecule has 0 fully saturated rings. The van der Waals surface area contributed by atoms with E-state index in [9.17, 15) is 0 Å². The van der Waals surface area contributed by atoms with Crippen molar-refractivity contribution in [1.82, 2.24) is 9.97 Å². The molecular formula is C40H38IrN2OS-2. The number of hydrogen-bond donors (Lipinski definition) is 0. The Balaban J connectivity index is 0.000000212. The number of furan rings is 1. The van der Waals surface area contributed by atoms with E-state index in [1.54, 1.807) is 0 Å². The number of pyridine rings is 2. The van der Waals surface area contributed by atoms with Gasteiger partial charge in [-0.25, -0.2) is 0 Å². The van der Waals surface area contributed by atoms with Crippen molar-refractivity contribution in [3.8, 4) is 22.5 Å². The molecular weight excluding hydrogens is 749 g/mol. The van der Waals surface area contributed by atoms with E-state index in [1.165, 1.54) is 48.3 Å². The zero-order valence-corrected chi connectivity index (χ0v) is 30.6. The molecule has 7 aromatic rings. The minimum atomic E-state index is 0. The van der Waals surface area contributed by atoms with Crippen molar-refractivity contribution in [1.29, 1.82) is 0 Å². The van der Waals surface area contributed by atoms with Crippen molar-refractivity contribution >= 4 is 43.4 Å². The third-order valence-electron chi connectivity index (χ3n) is 8.51. The van der Waals surface area contributed by atoms with Gasteiger partial charge in [-0.3, -0.25) is 0 Å². The Bertz CT molecular complexity index is 2160. The maximum Gasteiger partial charge on any atom is 0.122 e. The zero-order chi connectivity index (χ0) is 31.3. The van der Waals surface area contributed by atoms with E-state index in [1.807, 2.05) is 35.9 Å². The Hall–Kier alpha value is -3.63. The van der Waals surface area contributed by atoms with E-state index in [0.29, 0.717) is 0 Å². The summed E-state index contributed by atoms with van der Waals surface area (Å²) >= 11 is 1.83. The summed E-state index contributed by atoms with van der Waals surface area (Å²) in [6, 6.07) is 25.6. The first-order valence-electron chi connectivity index (χ1n) is 15.1. The number of benzene rings is 3. The van der Waals surface area contributed by atoms with Crippen molar-refractivity contribution < 1.29 is 24.5 Å². The van der Waals surface area contributed by atoms with E-state index in [0.717, 1.165) is 44.5 Å². The van der Waals surface area contributed by atoms with Crippen LogP contribution < -0.4 is 0 Å². The van der Waals surface area contributed by atoms with Gasteiger partial charge in [-0.15, -0.1) is 64.9 Å². The molecule has 0 saturated heterocycles. The second kappa shape index (κ2) is 12.6. The summed E-state index contributed by atoms with van der Waals surface area (Å²) in [6.45, 7) is 19.5. The largest absolute Gasteiger partial charge is 0.501 e. The van der Waals surface area contributed by atoms with Crippen molar-refractivity contribution in [2.45, 2.75) is 67.7 Å². The van der Waals surface area contributed by atoms with E-state index in [2.05, 4.69) is 122 Å². The predicted octanol–water partition coefficient (Wildman–Crippen LogP) is 11.4. The Morgan fingerprint density at radius 2 is 1.47 bits per heavy atom. The fraction of sp³-hybridized carbons (Fsp3) is 0.250. The summed E-state index contributed by atoms with van der Waals surface area (Å²) in [5.74, 6) is 0. The van der Waals surface area contributed by atoms with Crippen LogP contribution in [0.3, 0.4) is 0 Å². The van der Waals surface area contributed by atoms with Gasteiger partial charge in [-0.1, -0.05) is 56.3 Å². The van der Waals surface area contributed by atoms with Crippen LogP contribution in [0.4, 0.5) is 0 Å². The van der Waals surface area contributed by atoms with Gasteiger partial charge in [-0.05, 0) is 91.2 Å². The van der Waals surface area contributed by atoms with Crippen molar-refractivity contribution in [3.63, 3.8) is 0 Å². The molecule has 4 heterocycles. The molecule has 4 aromatic heterocycles. The minimum Gasteiger partial charge on any atom is -0.501 e. The number of nitrogens with zero attached hydrogens (tertiary/aromatic N) is 2. The van der Waals surface area contributed by atoms with Crippen molar-refractivity contribution in [2.75, 3.05) is 0 Å². The first-order chi connectivity index (χ1) is 20.9. The van der Waals surface area contributed by atoms with Gasteiger partial charge >= 0.3 is 0 Å². The Kier molecular flexibility index (Phi) is 9.20.